The van der Waals surface area contributed by atoms with E-state index in [1.54, 1.807) is 6.33 Å². The lowest BCUT2D eigenvalue weighted by Gasteiger charge is -2.36. The van der Waals surface area contributed by atoms with Gasteiger partial charge in [0, 0.05) is 13.5 Å². The first-order chi connectivity index (χ1) is 10.6. The molecule has 0 saturated heterocycles. The number of imidazole rings is 1. The molecule has 1 heterocycles. The molecule has 0 aliphatic heterocycles. The summed E-state index contributed by atoms with van der Waals surface area (Å²) < 4.78 is 8.18. The molecule has 0 radical (unpaired) electrons. The summed E-state index contributed by atoms with van der Waals surface area (Å²) in [5.74, 6) is 0.918. The predicted octanol–water partition coefficient (Wildman–Crippen LogP) is 4.21. The van der Waals surface area contributed by atoms with Gasteiger partial charge in [-0.1, -0.05) is 32.9 Å². The van der Waals surface area contributed by atoms with Crippen LogP contribution in [-0.2, 0) is 13.5 Å². The number of rotatable bonds is 5. The van der Waals surface area contributed by atoms with Gasteiger partial charge in [-0.3, -0.25) is 4.79 Å². The van der Waals surface area contributed by atoms with Crippen LogP contribution in [0.3, 0.4) is 0 Å². The van der Waals surface area contributed by atoms with E-state index in [-0.39, 0.29) is 5.04 Å². The first-order valence-corrected chi connectivity index (χ1v) is 10.8. The Morgan fingerprint density at radius 2 is 1.83 bits per heavy atom. The number of aromatic nitrogens is 2. The molecule has 124 valence electrons. The summed E-state index contributed by atoms with van der Waals surface area (Å²) in [6, 6.07) is 8.16. The van der Waals surface area contributed by atoms with Gasteiger partial charge in [0.15, 0.2) is 6.29 Å². The van der Waals surface area contributed by atoms with E-state index < -0.39 is 8.32 Å². The van der Waals surface area contributed by atoms with Crippen molar-refractivity contribution in [2.45, 2.75) is 45.3 Å². The van der Waals surface area contributed by atoms with Crippen molar-refractivity contribution in [3.05, 3.63) is 47.5 Å². The number of benzene rings is 1. The number of nitrogens with zero attached hydrogens (tertiary/aromatic N) is 2. The Balaban J connectivity index is 2.14. The van der Waals surface area contributed by atoms with Crippen LogP contribution in [0.1, 0.15) is 42.5 Å². The number of aryl methyl sites for hydroxylation is 1. The van der Waals surface area contributed by atoms with Gasteiger partial charge in [0.2, 0.25) is 8.32 Å². The molecule has 0 bridgehead atoms. The highest BCUT2D eigenvalue weighted by molar-refractivity contribution is 6.74. The van der Waals surface area contributed by atoms with Crippen LogP contribution in [0.5, 0.6) is 5.75 Å². The quantitative estimate of drug-likeness (QED) is 0.609. The van der Waals surface area contributed by atoms with Crippen LogP contribution < -0.4 is 4.43 Å². The van der Waals surface area contributed by atoms with Crippen molar-refractivity contribution < 1.29 is 9.22 Å². The molecule has 23 heavy (non-hydrogen) atoms. The molecule has 0 atom stereocenters. The molecule has 0 fully saturated rings. The van der Waals surface area contributed by atoms with Crippen LogP contribution in [0.2, 0.25) is 18.1 Å². The van der Waals surface area contributed by atoms with Gasteiger partial charge in [-0.25, -0.2) is 4.98 Å². The van der Waals surface area contributed by atoms with Crippen molar-refractivity contribution in [2.24, 2.45) is 7.05 Å². The Bertz CT molecular complexity index is 682. The summed E-state index contributed by atoms with van der Waals surface area (Å²) in [6.45, 7) is 11.2. The second-order valence-electron chi connectivity index (χ2n) is 7.49. The molecule has 0 aliphatic rings. The van der Waals surface area contributed by atoms with Crippen LogP contribution in [0, 0.1) is 0 Å². The third kappa shape index (κ3) is 3.91. The molecule has 4 nitrogen and oxygen atoms in total. The summed E-state index contributed by atoms with van der Waals surface area (Å²) in [7, 11) is 0.0965. The molecule has 5 heteroatoms. The third-order valence-electron chi connectivity index (χ3n) is 4.68. The van der Waals surface area contributed by atoms with Gasteiger partial charge in [-0.05, 0) is 35.8 Å². The third-order valence-corrected chi connectivity index (χ3v) is 9.04. The normalized spacial score (nSPS) is 12.3. The Labute approximate surface area is 139 Å². The van der Waals surface area contributed by atoms with Crippen LogP contribution in [0.4, 0.5) is 0 Å². The van der Waals surface area contributed by atoms with Crippen LogP contribution in [0.25, 0.3) is 0 Å². The zero-order valence-corrected chi connectivity index (χ0v) is 15.9. The topological polar surface area (TPSA) is 44.1 Å². The zero-order valence-electron chi connectivity index (χ0n) is 14.9. The minimum absolute atomic E-state index is 0.180. The average Bonchev–Trinajstić information content (AvgIpc) is 2.80. The zero-order chi connectivity index (χ0) is 17.3. The van der Waals surface area contributed by atoms with Crippen molar-refractivity contribution in [2.75, 3.05) is 0 Å². The molecular formula is C18H26N2O2Si. The maximum atomic E-state index is 11.0. The first kappa shape index (κ1) is 17.5. The fraction of sp³-hybridized carbons (Fsp3) is 0.444. The molecule has 0 N–H and O–H groups in total. The molecule has 0 aliphatic carbocycles. The Kier molecular flexibility index (Phi) is 4.80. The van der Waals surface area contributed by atoms with E-state index >= 15 is 0 Å². The van der Waals surface area contributed by atoms with Crippen molar-refractivity contribution >= 4 is 14.6 Å². The monoisotopic (exact) mass is 330 g/mol. The van der Waals surface area contributed by atoms with Gasteiger partial charge in [0.25, 0.3) is 0 Å². The molecule has 0 unspecified atom stereocenters. The molecule has 1 aromatic carbocycles. The molecule has 2 rings (SSSR count). The molecule has 2 aromatic rings. The number of carbonyl (C=O) groups is 1. The van der Waals surface area contributed by atoms with E-state index in [1.165, 1.54) is 0 Å². The van der Waals surface area contributed by atoms with Crippen molar-refractivity contribution in [1.29, 1.82) is 0 Å². The largest absolute Gasteiger partial charge is 0.544 e. The Morgan fingerprint density at radius 3 is 2.35 bits per heavy atom. The highest BCUT2D eigenvalue weighted by atomic mass is 28.4. The predicted molar refractivity (Wildman–Crippen MR) is 95.7 cm³/mol. The highest BCUT2D eigenvalue weighted by Gasteiger charge is 2.38. The standard InChI is InChI=1S/C18H26N2O2Si/c1-18(2,3)23(5,6)22-15-9-7-14(8-10-15)11-17-16(12-21)19-13-20(17)4/h7-10,12-13H,11H2,1-6H3. The van der Waals surface area contributed by atoms with Gasteiger partial charge < -0.3 is 8.99 Å². The van der Waals surface area contributed by atoms with Gasteiger partial charge in [0.1, 0.15) is 11.4 Å². The van der Waals surface area contributed by atoms with Gasteiger partial charge in [0.05, 0.1) is 12.0 Å². The van der Waals surface area contributed by atoms with Crippen LogP contribution in [0.15, 0.2) is 30.6 Å². The van der Waals surface area contributed by atoms with E-state index in [4.69, 9.17) is 4.43 Å². The van der Waals surface area contributed by atoms with Crippen molar-refractivity contribution in [3.8, 4) is 5.75 Å². The Morgan fingerprint density at radius 1 is 1.22 bits per heavy atom. The fourth-order valence-electron chi connectivity index (χ4n) is 2.10. The lowest BCUT2D eigenvalue weighted by Crippen LogP contribution is -2.43. The second kappa shape index (κ2) is 6.32. The summed E-state index contributed by atoms with van der Waals surface area (Å²) in [6.07, 6.45) is 3.17. The van der Waals surface area contributed by atoms with Crippen LogP contribution in [-0.4, -0.2) is 24.2 Å². The van der Waals surface area contributed by atoms with E-state index in [0.717, 1.165) is 23.3 Å². The van der Waals surface area contributed by atoms with E-state index in [0.29, 0.717) is 12.1 Å². The summed E-state index contributed by atoms with van der Waals surface area (Å²) >= 11 is 0. The number of aldehydes is 1. The van der Waals surface area contributed by atoms with Gasteiger partial charge in [-0.15, -0.1) is 0 Å². The number of hydrogen-bond donors (Lipinski definition) is 0. The molecule has 0 spiro atoms. The summed E-state index contributed by atoms with van der Waals surface area (Å²) in [4.78, 5) is 15.1. The lowest BCUT2D eigenvalue weighted by atomic mass is 10.1. The maximum Gasteiger partial charge on any atom is 0.250 e. The highest BCUT2D eigenvalue weighted by Crippen LogP contribution is 2.37. The SMILES string of the molecule is Cn1cnc(C=O)c1Cc1ccc(O[Si](C)(C)C(C)(C)C)cc1. The fourth-order valence-corrected chi connectivity index (χ4v) is 3.14. The lowest BCUT2D eigenvalue weighted by molar-refractivity contribution is 0.111. The van der Waals surface area contributed by atoms with Crippen molar-refractivity contribution in [3.63, 3.8) is 0 Å². The Hall–Kier alpha value is -1.88. The number of carbonyl (C=O) groups excluding carboxylic acids is 1. The summed E-state index contributed by atoms with van der Waals surface area (Å²) in [5, 5.41) is 0.180. The number of hydrogen-bond acceptors (Lipinski definition) is 3. The van der Waals surface area contributed by atoms with E-state index in [1.807, 2.05) is 23.7 Å². The smallest absolute Gasteiger partial charge is 0.250 e. The van der Waals surface area contributed by atoms with E-state index in [9.17, 15) is 4.79 Å². The minimum atomic E-state index is -1.81. The average molecular weight is 331 g/mol. The molecule has 0 saturated carbocycles. The maximum absolute atomic E-state index is 11.0. The van der Waals surface area contributed by atoms with Gasteiger partial charge >= 0.3 is 0 Å². The van der Waals surface area contributed by atoms with E-state index in [2.05, 4.69) is 51.0 Å². The van der Waals surface area contributed by atoms with Gasteiger partial charge in [-0.2, -0.15) is 0 Å². The molecule has 0 amide bonds. The first-order valence-electron chi connectivity index (χ1n) is 7.87. The summed E-state index contributed by atoms with van der Waals surface area (Å²) in [5.41, 5.74) is 2.58. The van der Waals surface area contributed by atoms with Crippen LogP contribution >= 0.6 is 0 Å². The molecule has 1 aromatic heterocycles. The minimum Gasteiger partial charge on any atom is -0.544 e. The second-order valence-corrected chi connectivity index (χ2v) is 12.2. The molecular weight excluding hydrogens is 304 g/mol. The van der Waals surface area contributed by atoms with Crippen molar-refractivity contribution in [1.82, 2.24) is 9.55 Å².